The van der Waals surface area contributed by atoms with Crippen molar-refractivity contribution >= 4 is 11.6 Å². The molecule has 0 amide bonds. The van der Waals surface area contributed by atoms with Crippen LogP contribution in [-0.4, -0.2) is 15.0 Å². The molecule has 0 atom stereocenters. The maximum Gasteiger partial charge on any atom is 0.0974 e. The molecule has 0 bridgehead atoms. The van der Waals surface area contributed by atoms with Gasteiger partial charge in [0.1, 0.15) is 0 Å². The van der Waals surface area contributed by atoms with Crippen molar-refractivity contribution in [2.45, 2.75) is 25.8 Å². The van der Waals surface area contributed by atoms with Crippen molar-refractivity contribution in [3.8, 4) is 0 Å². The average molecular weight is 160 g/mol. The van der Waals surface area contributed by atoms with Gasteiger partial charge in [-0.3, -0.25) is 0 Å². The molecule has 1 aromatic heterocycles. The van der Waals surface area contributed by atoms with E-state index in [2.05, 4.69) is 10.3 Å². The van der Waals surface area contributed by atoms with E-state index >= 15 is 0 Å². The molecule has 0 fully saturated rings. The summed E-state index contributed by atoms with van der Waals surface area (Å²) >= 11 is 5.53. The van der Waals surface area contributed by atoms with E-state index in [9.17, 15) is 0 Å². The second kappa shape index (κ2) is 3.01. The van der Waals surface area contributed by atoms with Gasteiger partial charge in [0.25, 0.3) is 0 Å². The minimum absolute atomic E-state index is 0.365. The second-order valence-electron chi connectivity index (χ2n) is 2.42. The Morgan fingerprint density at radius 3 is 2.70 bits per heavy atom. The van der Waals surface area contributed by atoms with Crippen LogP contribution in [0.3, 0.4) is 0 Å². The molecule has 3 nitrogen and oxygen atoms in total. The van der Waals surface area contributed by atoms with E-state index in [1.54, 1.807) is 4.68 Å². The Morgan fingerprint density at radius 1 is 1.70 bits per heavy atom. The van der Waals surface area contributed by atoms with Gasteiger partial charge in [-0.25, -0.2) is 4.68 Å². The molecule has 0 spiro atoms. The number of nitrogens with zero attached hydrogens (tertiary/aromatic N) is 3. The lowest BCUT2D eigenvalue weighted by atomic mass is 10.4. The number of hydrogen-bond acceptors (Lipinski definition) is 2. The smallest absolute Gasteiger partial charge is 0.0974 e. The lowest BCUT2D eigenvalue weighted by Gasteiger charge is -2.00. The minimum atomic E-state index is 0.365. The molecule has 56 valence electrons. The molecular formula is C6H10ClN3. The van der Waals surface area contributed by atoms with E-state index in [1.165, 1.54) is 0 Å². The van der Waals surface area contributed by atoms with Gasteiger partial charge >= 0.3 is 0 Å². The fourth-order valence-electron chi connectivity index (χ4n) is 0.627. The quantitative estimate of drug-likeness (QED) is 0.614. The van der Waals surface area contributed by atoms with Crippen LogP contribution in [0.15, 0.2) is 6.20 Å². The molecule has 0 aliphatic heterocycles. The van der Waals surface area contributed by atoms with Crippen molar-refractivity contribution in [2.75, 3.05) is 0 Å². The Kier molecular flexibility index (Phi) is 2.27. The van der Waals surface area contributed by atoms with Crippen molar-refractivity contribution in [3.63, 3.8) is 0 Å². The number of hydrogen-bond donors (Lipinski definition) is 0. The predicted octanol–water partition coefficient (Wildman–Crippen LogP) is 1.60. The van der Waals surface area contributed by atoms with Gasteiger partial charge in [-0.15, -0.1) is 16.7 Å². The summed E-state index contributed by atoms with van der Waals surface area (Å²) in [5.41, 5.74) is 0.829. The van der Waals surface area contributed by atoms with Crippen LogP contribution in [0.1, 0.15) is 25.6 Å². The summed E-state index contributed by atoms with van der Waals surface area (Å²) in [7, 11) is 0. The van der Waals surface area contributed by atoms with E-state index < -0.39 is 0 Å². The molecule has 0 aromatic carbocycles. The summed E-state index contributed by atoms with van der Waals surface area (Å²) < 4.78 is 1.79. The van der Waals surface area contributed by atoms with Crippen LogP contribution >= 0.6 is 11.6 Å². The van der Waals surface area contributed by atoms with Gasteiger partial charge < -0.3 is 0 Å². The Balaban J connectivity index is 2.78. The fraction of sp³-hybridized carbons (Fsp3) is 0.667. The van der Waals surface area contributed by atoms with Crippen molar-refractivity contribution in [3.05, 3.63) is 11.9 Å². The van der Waals surface area contributed by atoms with Gasteiger partial charge in [0.15, 0.2) is 0 Å². The molecule has 1 aromatic rings. The number of rotatable bonds is 2. The van der Waals surface area contributed by atoms with Crippen molar-refractivity contribution in [1.82, 2.24) is 15.0 Å². The summed E-state index contributed by atoms with van der Waals surface area (Å²) in [5, 5.41) is 7.71. The van der Waals surface area contributed by atoms with Gasteiger partial charge in [0.2, 0.25) is 0 Å². The third-order valence-corrected chi connectivity index (χ3v) is 1.50. The normalized spacial score (nSPS) is 10.8. The zero-order chi connectivity index (χ0) is 7.56. The zero-order valence-electron chi connectivity index (χ0n) is 6.08. The number of aromatic nitrogens is 3. The molecule has 0 unspecified atom stereocenters. The summed E-state index contributed by atoms with van der Waals surface area (Å²) in [6, 6.07) is 0.365. The first kappa shape index (κ1) is 7.54. The molecule has 1 heterocycles. The lowest BCUT2D eigenvalue weighted by molar-refractivity contribution is 0.514. The van der Waals surface area contributed by atoms with Gasteiger partial charge in [0.05, 0.1) is 11.6 Å². The summed E-state index contributed by atoms with van der Waals surface area (Å²) in [6.07, 6.45) is 1.86. The van der Waals surface area contributed by atoms with Gasteiger partial charge in [-0.1, -0.05) is 5.21 Å². The van der Waals surface area contributed by atoms with E-state index in [-0.39, 0.29) is 0 Å². The molecule has 0 saturated carbocycles. The maximum atomic E-state index is 5.53. The Morgan fingerprint density at radius 2 is 2.40 bits per heavy atom. The highest BCUT2D eigenvalue weighted by atomic mass is 35.5. The van der Waals surface area contributed by atoms with Crippen LogP contribution in [0, 0.1) is 0 Å². The van der Waals surface area contributed by atoms with Crippen LogP contribution in [-0.2, 0) is 5.88 Å². The van der Waals surface area contributed by atoms with Crippen LogP contribution in [0.2, 0.25) is 0 Å². The zero-order valence-corrected chi connectivity index (χ0v) is 6.84. The molecule has 1 rings (SSSR count). The van der Waals surface area contributed by atoms with Crippen molar-refractivity contribution in [2.24, 2.45) is 0 Å². The number of alkyl halides is 1. The highest BCUT2D eigenvalue weighted by molar-refractivity contribution is 6.16. The summed E-state index contributed by atoms with van der Waals surface area (Å²) in [5.74, 6) is 0.437. The molecule has 0 aliphatic rings. The highest BCUT2D eigenvalue weighted by Gasteiger charge is 2.00. The average Bonchev–Trinajstić information content (AvgIpc) is 2.34. The molecule has 10 heavy (non-hydrogen) atoms. The molecule has 0 N–H and O–H groups in total. The second-order valence-corrected chi connectivity index (χ2v) is 2.68. The highest BCUT2D eigenvalue weighted by Crippen LogP contribution is 2.03. The SMILES string of the molecule is CC(C)n1cc(CCl)nn1. The van der Waals surface area contributed by atoms with Gasteiger partial charge in [0, 0.05) is 12.2 Å². The Bertz CT molecular complexity index is 207. The van der Waals surface area contributed by atoms with Crippen LogP contribution in [0.25, 0.3) is 0 Å². The fourth-order valence-corrected chi connectivity index (χ4v) is 0.749. The van der Waals surface area contributed by atoms with Crippen LogP contribution < -0.4 is 0 Å². The largest absolute Gasteiger partial charge is 0.250 e. The van der Waals surface area contributed by atoms with E-state index in [1.807, 2.05) is 20.0 Å². The molecule has 0 saturated heterocycles. The molecule has 4 heteroatoms. The molecular weight excluding hydrogens is 150 g/mol. The maximum absolute atomic E-state index is 5.53. The van der Waals surface area contributed by atoms with E-state index in [0.29, 0.717) is 11.9 Å². The first-order chi connectivity index (χ1) is 4.74. The third-order valence-electron chi connectivity index (χ3n) is 1.22. The van der Waals surface area contributed by atoms with Gasteiger partial charge in [-0.05, 0) is 13.8 Å². The van der Waals surface area contributed by atoms with E-state index in [0.717, 1.165) is 5.69 Å². The monoisotopic (exact) mass is 159 g/mol. The first-order valence-electron chi connectivity index (χ1n) is 3.20. The van der Waals surface area contributed by atoms with Gasteiger partial charge in [-0.2, -0.15) is 0 Å². The van der Waals surface area contributed by atoms with Crippen LogP contribution in [0.5, 0.6) is 0 Å². The van der Waals surface area contributed by atoms with Crippen LogP contribution in [0.4, 0.5) is 0 Å². The standard InChI is InChI=1S/C6H10ClN3/c1-5(2)10-4-6(3-7)8-9-10/h4-5H,3H2,1-2H3. The Labute approximate surface area is 65.0 Å². The van der Waals surface area contributed by atoms with Crippen molar-refractivity contribution < 1.29 is 0 Å². The predicted molar refractivity (Wildman–Crippen MR) is 40.0 cm³/mol. The van der Waals surface area contributed by atoms with Crippen molar-refractivity contribution in [1.29, 1.82) is 0 Å². The minimum Gasteiger partial charge on any atom is -0.250 e. The summed E-state index contributed by atoms with van der Waals surface area (Å²) in [6.45, 7) is 4.10. The summed E-state index contributed by atoms with van der Waals surface area (Å²) in [4.78, 5) is 0. The third kappa shape index (κ3) is 1.48. The molecule has 0 radical (unpaired) electrons. The van der Waals surface area contributed by atoms with E-state index in [4.69, 9.17) is 11.6 Å². The number of halogens is 1. The first-order valence-corrected chi connectivity index (χ1v) is 3.74. The lowest BCUT2D eigenvalue weighted by Crippen LogP contribution is -2.00. The molecule has 0 aliphatic carbocycles. The Hall–Kier alpha value is -0.570. The topological polar surface area (TPSA) is 30.7 Å².